The van der Waals surface area contributed by atoms with Gasteiger partial charge in [0.05, 0.1) is 6.04 Å². The zero-order valence-electron chi connectivity index (χ0n) is 10.8. The molecular formula is C12H24ClN3O. The molecule has 0 aromatic carbocycles. The van der Waals surface area contributed by atoms with Crippen molar-refractivity contribution in [2.45, 2.75) is 37.8 Å². The summed E-state index contributed by atoms with van der Waals surface area (Å²) in [6.45, 7) is 2.84. The second-order valence-corrected chi connectivity index (χ2v) is 5.19. The van der Waals surface area contributed by atoms with Crippen molar-refractivity contribution in [1.82, 2.24) is 15.1 Å². The van der Waals surface area contributed by atoms with E-state index in [1.54, 1.807) is 0 Å². The fourth-order valence-corrected chi connectivity index (χ4v) is 2.65. The molecule has 5 heteroatoms. The van der Waals surface area contributed by atoms with Gasteiger partial charge in [0.2, 0.25) is 5.91 Å². The van der Waals surface area contributed by atoms with E-state index in [1.807, 2.05) is 4.90 Å². The van der Waals surface area contributed by atoms with E-state index in [2.05, 4.69) is 24.3 Å². The Morgan fingerprint density at radius 2 is 2.06 bits per heavy atom. The second kappa shape index (κ2) is 6.57. The molecule has 0 spiro atoms. The van der Waals surface area contributed by atoms with Gasteiger partial charge in [-0.15, -0.1) is 12.4 Å². The molecule has 2 atom stereocenters. The predicted molar refractivity (Wildman–Crippen MR) is 71.6 cm³/mol. The monoisotopic (exact) mass is 261 g/mol. The highest BCUT2D eigenvalue weighted by atomic mass is 35.5. The first-order valence-corrected chi connectivity index (χ1v) is 6.37. The summed E-state index contributed by atoms with van der Waals surface area (Å²) >= 11 is 0. The average Bonchev–Trinajstić information content (AvgIpc) is 2.78. The molecule has 2 saturated heterocycles. The summed E-state index contributed by atoms with van der Waals surface area (Å²) in [5.41, 5.74) is 0. The van der Waals surface area contributed by atoms with E-state index < -0.39 is 0 Å². The molecule has 2 fully saturated rings. The van der Waals surface area contributed by atoms with Crippen LogP contribution in [0.3, 0.4) is 0 Å². The number of likely N-dealkylation sites (N-methyl/N-ethyl adjacent to an activating group) is 1. The number of likely N-dealkylation sites (tertiary alicyclic amines) is 1. The molecular weight excluding hydrogens is 238 g/mol. The third-order valence-corrected chi connectivity index (χ3v) is 3.81. The summed E-state index contributed by atoms with van der Waals surface area (Å²) in [5, 5.41) is 3.33. The van der Waals surface area contributed by atoms with Crippen molar-refractivity contribution >= 4 is 18.3 Å². The number of hydrogen-bond acceptors (Lipinski definition) is 3. The van der Waals surface area contributed by atoms with Crippen molar-refractivity contribution in [2.75, 3.05) is 33.7 Å². The smallest absolute Gasteiger partial charge is 0.239 e. The largest absolute Gasteiger partial charge is 0.340 e. The van der Waals surface area contributed by atoms with Gasteiger partial charge in [-0.1, -0.05) is 6.42 Å². The van der Waals surface area contributed by atoms with Gasteiger partial charge >= 0.3 is 0 Å². The van der Waals surface area contributed by atoms with Crippen LogP contribution < -0.4 is 5.32 Å². The Hall–Kier alpha value is -0.320. The summed E-state index contributed by atoms with van der Waals surface area (Å²) in [6, 6.07) is 0.641. The van der Waals surface area contributed by atoms with Crippen LogP contribution in [0, 0.1) is 0 Å². The first-order valence-electron chi connectivity index (χ1n) is 6.37. The molecule has 1 N–H and O–H groups in total. The lowest BCUT2D eigenvalue weighted by molar-refractivity contribution is -0.133. The molecule has 100 valence electrons. The van der Waals surface area contributed by atoms with E-state index >= 15 is 0 Å². The first kappa shape index (κ1) is 14.7. The van der Waals surface area contributed by atoms with E-state index in [0.29, 0.717) is 11.9 Å². The van der Waals surface area contributed by atoms with Gasteiger partial charge in [-0.2, -0.15) is 0 Å². The lowest BCUT2D eigenvalue weighted by Gasteiger charge is -2.28. The molecule has 0 aliphatic carbocycles. The van der Waals surface area contributed by atoms with E-state index in [9.17, 15) is 4.79 Å². The zero-order valence-corrected chi connectivity index (χ0v) is 11.6. The zero-order chi connectivity index (χ0) is 11.5. The van der Waals surface area contributed by atoms with Crippen LogP contribution in [0.2, 0.25) is 0 Å². The van der Waals surface area contributed by atoms with Crippen LogP contribution in [0.25, 0.3) is 0 Å². The lowest BCUT2D eigenvalue weighted by Crippen LogP contribution is -2.48. The Morgan fingerprint density at radius 3 is 2.59 bits per heavy atom. The number of nitrogens with one attached hydrogen (secondary N) is 1. The average molecular weight is 262 g/mol. The molecule has 2 aliphatic rings. The number of nitrogens with zero attached hydrogens (tertiary/aromatic N) is 2. The summed E-state index contributed by atoms with van der Waals surface area (Å²) in [5.74, 6) is 0.323. The van der Waals surface area contributed by atoms with Crippen molar-refractivity contribution in [3.63, 3.8) is 0 Å². The van der Waals surface area contributed by atoms with Crippen LogP contribution in [-0.4, -0.2) is 61.5 Å². The highest BCUT2D eigenvalue weighted by Crippen LogP contribution is 2.17. The van der Waals surface area contributed by atoms with Crippen molar-refractivity contribution in [3.8, 4) is 0 Å². The van der Waals surface area contributed by atoms with Gasteiger partial charge in [0.25, 0.3) is 0 Å². The molecule has 17 heavy (non-hydrogen) atoms. The minimum atomic E-state index is 0. The summed E-state index contributed by atoms with van der Waals surface area (Å²) < 4.78 is 0. The van der Waals surface area contributed by atoms with Crippen molar-refractivity contribution in [2.24, 2.45) is 0 Å². The molecule has 4 nitrogen and oxygen atoms in total. The molecule has 0 radical (unpaired) electrons. The quantitative estimate of drug-likeness (QED) is 0.796. The van der Waals surface area contributed by atoms with Crippen LogP contribution in [0.5, 0.6) is 0 Å². The molecule has 2 rings (SSSR count). The third-order valence-electron chi connectivity index (χ3n) is 3.81. The predicted octanol–water partition coefficient (Wildman–Crippen LogP) is 0.713. The standard InChI is InChI=1S/C12H23N3O.ClH/c1-14(2)10-6-8-15(9-10)12(16)11-5-3-4-7-13-11;/h10-11,13H,3-9H2,1-2H3;1H/t10?,11-;/m1./s1. The fraction of sp³-hybridized carbons (Fsp3) is 0.917. The second-order valence-electron chi connectivity index (χ2n) is 5.19. The Bertz CT molecular complexity index is 254. The van der Waals surface area contributed by atoms with Crippen LogP contribution in [0.4, 0.5) is 0 Å². The van der Waals surface area contributed by atoms with Crippen molar-refractivity contribution in [1.29, 1.82) is 0 Å². The summed E-state index contributed by atoms with van der Waals surface area (Å²) in [7, 11) is 4.19. The van der Waals surface area contributed by atoms with E-state index in [-0.39, 0.29) is 18.4 Å². The molecule has 1 amide bonds. The van der Waals surface area contributed by atoms with Gasteiger partial charge in [0.1, 0.15) is 0 Å². The molecule has 0 bridgehead atoms. The number of rotatable bonds is 2. The molecule has 0 saturated carbocycles. The molecule has 0 aromatic rings. The minimum absolute atomic E-state index is 0. The maximum absolute atomic E-state index is 12.2. The number of halogens is 1. The summed E-state index contributed by atoms with van der Waals surface area (Å²) in [6.07, 6.45) is 4.53. The van der Waals surface area contributed by atoms with E-state index in [4.69, 9.17) is 0 Å². The maximum Gasteiger partial charge on any atom is 0.239 e. The Balaban J connectivity index is 0.00000144. The lowest BCUT2D eigenvalue weighted by atomic mass is 10.0. The topological polar surface area (TPSA) is 35.6 Å². The van der Waals surface area contributed by atoms with Crippen molar-refractivity contribution < 1.29 is 4.79 Å². The minimum Gasteiger partial charge on any atom is -0.340 e. The van der Waals surface area contributed by atoms with Gasteiger partial charge in [0, 0.05) is 19.1 Å². The molecule has 1 unspecified atom stereocenters. The third kappa shape index (κ3) is 3.57. The highest BCUT2D eigenvalue weighted by molar-refractivity contribution is 5.85. The molecule has 2 aliphatic heterocycles. The SMILES string of the molecule is CN(C)C1CCN(C(=O)[C@H]2CCCCN2)C1.Cl. The van der Waals surface area contributed by atoms with Crippen LogP contribution in [-0.2, 0) is 4.79 Å². The number of piperidine rings is 1. The van der Waals surface area contributed by atoms with Gasteiger partial charge in [-0.3, -0.25) is 4.79 Å². The van der Waals surface area contributed by atoms with Gasteiger partial charge in [-0.05, 0) is 39.9 Å². The van der Waals surface area contributed by atoms with Crippen molar-refractivity contribution in [3.05, 3.63) is 0 Å². The summed E-state index contributed by atoms with van der Waals surface area (Å²) in [4.78, 5) is 16.5. The Labute approximate surface area is 110 Å². The maximum atomic E-state index is 12.2. The van der Waals surface area contributed by atoms with Crippen LogP contribution in [0.15, 0.2) is 0 Å². The Kier molecular flexibility index (Phi) is 5.70. The number of carbonyl (C=O) groups excluding carboxylic acids is 1. The van der Waals surface area contributed by atoms with E-state index in [0.717, 1.165) is 32.5 Å². The van der Waals surface area contributed by atoms with E-state index in [1.165, 1.54) is 12.8 Å². The van der Waals surface area contributed by atoms with Crippen LogP contribution in [0.1, 0.15) is 25.7 Å². The molecule has 2 heterocycles. The highest BCUT2D eigenvalue weighted by Gasteiger charge is 2.31. The fourth-order valence-electron chi connectivity index (χ4n) is 2.65. The Morgan fingerprint density at radius 1 is 1.29 bits per heavy atom. The van der Waals surface area contributed by atoms with Gasteiger partial charge in [0.15, 0.2) is 0 Å². The number of amides is 1. The van der Waals surface area contributed by atoms with Gasteiger partial charge < -0.3 is 15.1 Å². The van der Waals surface area contributed by atoms with Gasteiger partial charge in [-0.25, -0.2) is 0 Å². The molecule has 0 aromatic heterocycles. The normalized spacial score (nSPS) is 29.2. The number of hydrogen-bond donors (Lipinski definition) is 1. The van der Waals surface area contributed by atoms with Crippen LogP contribution >= 0.6 is 12.4 Å². The number of carbonyl (C=O) groups is 1. The first-order chi connectivity index (χ1) is 7.68.